The summed E-state index contributed by atoms with van der Waals surface area (Å²) in [5.74, 6) is 1.91. The minimum atomic E-state index is -1.07. The summed E-state index contributed by atoms with van der Waals surface area (Å²) < 4.78 is 18.0. The third-order valence-electron chi connectivity index (χ3n) is 20.3. The van der Waals surface area contributed by atoms with Gasteiger partial charge in [-0.2, -0.15) is 0 Å². The van der Waals surface area contributed by atoms with Crippen LogP contribution in [0.2, 0.25) is 0 Å². The van der Waals surface area contributed by atoms with Crippen molar-refractivity contribution in [1.82, 2.24) is 25.4 Å². The number of aliphatic carboxylic acids is 2. The molecule has 0 spiro atoms. The van der Waals surface area contributed by atoms with Crippen LogP contribution in [0, 0.1) is 52.3 Å². The van der Waals surface area contributed by atoms with Crippen LogP contribution >= 0.6 is 23.1 Å². The van der Waals surface area contributed by atoms with E-state index in [1.165, 1.54) is 71.4 Å². The molecule has 5 N–H and O–H groups in total. The molecule has 87 heavy (non-hydrogen) atoms. The van der Waals surface area contributed by atoms with E-state index in [-0.39, 0.29) is 106 Å². The van der Waals surface area contributed by atoms with E-state index in [4.69, 9.17) is 14.2 Å². The van der Waals surface area contributed by atoms with Gasteiger partial charge < -0.3 is 50.0 Å². The number of hydrogen-bond acceptors (Lipinski definition) is 16. The van der Waals surface area contributed by atoms with Gasteiger partial charge in [0.1, 0.15) is 21.8 Å². The molecule has 0 saturated heterocycles. The average Bonchev–Trinajstić information content (AvgIpc) is 2.07. The summed E-state index contributed by atoms with van der Waals surface area (Å²) in [4.78, 5) is 115. The van der Waals surface area contributed by atoms with E-state index in [1.54, 1.807) is 59.9 Å². The summed E-state index contributed by atoms with van der Waals surface area (Å²) in [6, 6.07) is 3.13. The van der Waals surface area contributed by atoms with E-state index in [0.717, 1.165) is 43.4 Å². The Bertz CT molecular complexity index is 2990. The van der Waals surface area contributed by atoms with E-state index in [0.29, 0.717) is 103 Å². The van der Waals surface area contributed by atoms with Gasteiger partial charge in [-0.3, -0.25) is 29.0 Å². The molecule has 1 aromatic carbocycles. The zero-order chi connectivity index (χ0) is 62.9. The summed E-state index contributed by atoms with van der Waals surface area (Å²) in [7, 11) is 1.60. The second-order valence-corrected chi connectivity index (χ2v) is 28.3. The molecule has 6 aliphatic rings. The Morgan fingerprint density at radius 2 is 1.55 bits per heavy atom. The summed E-state index contributed by atoms with van der Waals surface area (Å²) in [5, 5.41) is 36.5. The van der Waals surface area contributed by atoms with Gasteiger partial charge in [-0.15, -0.1) is 23.1 Å². The van der Waals surface area contributed by atoms with Crippen molar-refractivity contribution in [2.45, 2.75) is 169 Å². The number of thioether (sulfide) groups is 1. The van der Waals surface area contributed by atoms with Crippen LogP contribution in [0.25, 0.3) is 10.2 Å². The van der Waals surface area contributed by atoms with Gasteiger partial charge in [0.2, 0.25) is 17.7 Å². The summed E-state index contributed by atoms with van der Waals surface area (Å²) >= 11 is 2.62. The first-order chi connectivity index (χ1) is 41.4. The van der Waals surface area contributed by atoms with E-state index < -0.39 is 35.5 Å². The minimum absolute atomic E-state index is 0.0541. The highest BCUT2D eigenvalue weighted by Gasteiger charge is 2.57. The van der Waals surface area contributed by atoms with Crippen LogP contribution in [0.4, 0.5) is 4.79 Å². The number of amides is 4. The zero-order valence-electron chi connectivity index (χ0n) is 52.1. The molecule has 5 aliphatic carbocycles. The van der Waals surface area contributed by atoms with Crippen molar-refractivity contribution >= 4 is 85.7 Å². The summed E-state index contributed by atoms with van der Waals surface area (Å²) in [6.45, 7) is 14.3. The predicted octanol–water partition coefficient (Wildman–Crippen LogP) is 9.05. The zero-order valence-corrected chi connectivity index (χ0v) is 53.8. The molecule has 4 fully saturated rings. The number of carbonyl (C=O) groups excluding carboxylic acids is 6. The standard InChI is InChI=1S/C65H92N6O14S2/c1-37(44-16-17-46-45(44)18-19-48-47(46)15-13-41-33-42(72)22-24-65(41,48)7)12-21-54(74)67-50(61(78)79)11-9-10-25-66-53(73)23-29-83-31-32-84-30-28-71(27-26-70(8)55(75)35-64(5,6)56-40(4)57(76)38(2)39(3)58(56)77)63(82)85-43-14-20-49-52(34-43)87-60(68-49)59-69-51(36-86-59)62(80)81/h14,20,34,37,41-42,44-48,50-51,72H,9-13,15-19,21-33,35-36H2,1-8H3,(H,66,73)(H,67,74)(H,78,79)(H,80,81)/t37-,41-,42-,44-,45?,46?,47+,48+,50?,51?,65+/m1/s1. The molecule has 478 valence electrons. The van der Waals surface area contributed by atoms with Gasteiger partial charge >= 0.3 is 18.0 Å². The van der Waals surface area contributed by atoms with E-state index in [2.05, 4.69) is 34.5 Å². The van der Waals surface area contributed by atoms with E-state index in [9.17, 15) is 53.7 Å². The number of carbonyl (C=O) groups is 8. The lowest BCUT2D eigenvalue weighted by Gasteiger charge is -2.59. The highest BCUT2D eigenvalue weighted by molar-refractivity contribution is 8.15. The molecule has 8 rings (SSSR count). The molecule has 0 bridgehead atoms. The number of aliphatic hydroxyl groups excluding tert-OH is 1. The maximum atomic E-state index is 13.9. The Kier molecular flexibility index (Phi) is 23.1. The number of benzene rings is 1. The normalized spacial score (nSPS) is 26.1. The number of carboxylic acids is 2. The Labute approximate surface area is 519 Å². The lowest BCUT2D eigenvalue weighted by atomic mass is 9.47. The molecule has 11 atom stereocenters. The molecular weight excluding hydrogens is 1150 g/mol. The van der Waals surface area contributed by atoms with Crippen LogP contribution in [0.15, 0.2) is 45.5 Å². The highest BCUT2D eigenvalue weighted by atomic mass is 32.2. The number of aliphatic hydroxyl groups is 1. The Morgan fingerprint density at radius 1 is 0.828 bits per heavy atom. The van der Waals surface area contributed by atoms with Gasteiger partial charge in [0.05, 0.1) is 42.7 Å². The van der Waals surface area contributed by atoms with E-state index >= 15 is 0 Å². The summed E-state index contributed by atoms with van der Waals surface area (Å²) in [6.07, 6.45) is 12.1. The van der Waals surface area contributed by atoms with Gasteiger partial charge in [-0.1, -0.05) is 27.7 Å². The third kappa shape index (κ3) is 16.5. The fraction of sp³-hybridized carbons (Fsp3) is 0.692. The van der Waals surface area contributed by atoms with Gasteiger partial charge in [-0.25, -0.2) is 19.4 Å². The smallest absolute Gasteiger partial charge is 0.415 e. The Balaban J connectivity index is 0.723. The number of nitrogens with zero attached hydrogens (tertiary/aromatic N) is 4. The fourth-order valence-electron chi connectivity index (χ4n) is 15.2. The first kappa shape index (κ1) is 67.4. The highest BCUT2D eigenvalue weighted by Crippen LogP contribution is 2.64. The number of nitrogens with one attached hydrogen (secondary N) is 2. The van der Waals surface area contributed by atoms with Crippen molar-refractivity contribution < 1.29 is 67.9 Å². The van der Waals surface area contributed by atoms with Crippen LogP contribution in [0.1, 0.15) is 156 Å². The Morgan fingerprint density at radius 3 is 2.29 bits per heavy atom. The SMILES string of the molecule is CC1=C(C)C(=O)C(C(C)(C)CC(=O)N(C)CCN(CCOCCOCCC(=O)NCCCCC(NC(=O)CC[C@@H](C)[C@H]2CCC3C2CC[C@H]2[C@H]3CC[C@@H]3C[C@H](O)CC[C@@]32C)C(=O)O)C(=O)Oc2ccc3nc(C4=NC(C(=O)O)CS4)sc3c2)=C(C)C1=O. The number of allylic oxidation sites excluding steroid dienone is 4. The first-order valence-corrected chi connectivity index (χ1v) is 33.3. The number of fused-ring (bicyclic) bond motifs is 6. The third-order valence-corrected chi connectivity index (χ3v) is 22.5. The van der Waals surface area contributed by atoms with Crippen LogP contribution < -0.4 is 15.4 Å². The van der Waals surface area contributed by atoms with Crippen molar-refractivity contribution in [1.29, 1.82) is 0 Å². The number of unbranched alkanes of at least 4 members (excludes halogenated alkanes) is 1. The number of aliphatic imine (C=N–C) groups is 1. The molecule has 4 amide bonds. The topological polar surface area (TPSA) is 281 Å². The summed E-state index contributed by atoms with van der Waals surface area (Å²) in [5.41, 5.74) is 1.42. The van der Waals surface area contributed by atoms with Crippen LogP contribution in [-0.2, 0) is 43.0 Å². The number of hydrogen-bond donors (Lipinski definition) is 5. The number of thiazole rings is 1. The molecular formula is C65H92N6O14S2. The minimum Gasteiger partial charge on any atom is -0.480 e. The number of carboxylic acid groups (broad SMARTS) is 2. The molecule has 20 nitrogen and oxygen atoms in total. The van der Waals surface area contributed by atoms with E-state index in [1.807, 2.05) is 0 Å². The van der Waals surface area contributed by atoms with Crippen molar-refractivity contribution in [2.75, 3.05) is 65.4 Å². The van der Waals surface area contributed by atoms with Crippen LogP contribution in [0.5, 0.6) is 5.75 Å². The molecule has 1 aromatic heterocycles. The quantitative estimate of drug-likeness (QED) is 0.0375. The van der Waals surface area contributed by atoms with Crippen molar-refractivity contribution in [3.63, 3.8) is 0 Å². The molecule has 1 aliphatic heterocycles. The van der Waals surface area contributed by atoms with Crippen molar-refractivity contribution in [3.05, 3.63) is 45.5 Å². The van der Waals surface area contributed by atoms with Gasteiger partial charge in [0, 0.05) is 92.0 Å². The second kappa shape index (κ2) is 29.8. The average molecular weight is 1250 g/mol. The number of ether oxygens (including phenoxy) is 3. The first-order valence-electron chi connectivity index (χ1n) is 31.5. The van der Waals surface area contributed by atoms with Crippen LogP contribution in [-0.4, -0.2) is 166 Å². The molecule has 2 aromatic rings. The van der Waals surface area contributed by atoms with Gasteiger partial charge in [-0.05, 0) is 163 Å². The van der Waals surface area contributed by atoms with Crippen molar-refractivity contribution in [2.24, 2.45) is 57.2 Å². The number of Topliss-reactive ketones (excluding diaryl/α,β-unsaturated/α-hetero) is 2. The van der Waals surface area contributed by atoms with Crippen molar-refractivity contribution in [3.8, 4) is 5.75 Å². The number of ketones is 2. The second-order valence-electron chi connectivity index (χ2n) is 26.3. The predicted molar refractivity (Wildman–Crippen MR) is 332 cm³/mol. The molecule has 4 saturated carbocycles. The van der Waals surface area contributed by atoms with Gasteiger partial charge in [0.15, 0.2) is 17.6 Å². The van der Waals surface area contributed by atoms with Crippen LogP contribution in [0.3, 0.4) is 0 Å². The maximum absolute atomic E-state index is 13.9. The number of likely N-dealkylation sites (N-methyl/N-ethyl adjacent to an activating group) is 1. The number of rotatable bonds is 29. The lowest BCUT2D eigenvalue weighted by Crippen LogP contribution is -2.52. The molecule has 0 radical (unpaired) electrons. The molecule has 4 unspecified atom stereocenters. The molecule has 22 heteroatoms. The number of aromatic nitrogens is 1. The monoisotopic (exact) mass is 1240 g/mol. The largest absolute Gasteiger partial charge is 0.480 e. The molecule has 2 heterocycles. The maximum Gasteiger partial charge on any atom is 0.415 e. The lowest BCUT2D eigenvalue weighted by molar-refractivity contribution is -0.142. The van der Waals surface area contributed by atoms with Gasteiger partial charge in [0.25, 0.3) is 0 Å². The Hall–Kier alpha value is -5.55. The fourth-order valence-corrected chi connectivity index (χ4v) is 17.3.